The van der Waals surface area contributed by atoms with E-state index < -0.39 is 33.5 Å². The van der Waals surface area contributed by atoms with Gasteiger partial charge >= 0.3 is 12.1 Å². The highest BCUT2D eigenvalue weighted by molar-refractivity contribution is 9.10. The van der Waals surface area contributed by atoms with E-state index in [1.165, 1.54) is 18.2 Å². The minimum Gasteiger partial charge on any atom is -0.444 e. The molecule has 0 saturated carbocycles. The van der Waals surface area contributed by atoms with Crippen molar-refractivity contribution in [1.82, 2.24) is 0 Å². The van der Waals surface area contributed by atoms with Gasteiger partial charge in [0.15, 0.2) is 5.75 Å². The van der Waals surface area contributed by atoms with Gasteiger partial charge in [-0.05, 0) is 54.9 Å². The largest absolute Gasteiger partial charge is 0.444 e. The molecule has 0 aliphatic heterocycles. The predicted octanol–water partition coefficient (Wildman–Crippen LogP) is 2.59. The van der Waals surface area contributed by atoms with Crippen LogP contribution in [0.25, 0.3) is 0 Å². The predicted molar refractivity (Wildman–Crippen MR) is 86.0 cm³/mol. The van der Waals surface area contributed by atoms with Gasteiger partial charge in [0.2, 0.25) is 0 Å². The topological polar surface area (TPSA) is 119 Å². The molecule has 0 aliphatic carbocycles. The third kappa shape index (κ3) is 7.95. The summed E-state index contributed by atoms with van der Waals surface area (Å²) in [7, 11) is -4.46. The Labute approximate surface area is 142 Å². The number of carbonyl (C=O) groups is 2. The number of halogens is 1. The van der Waals surface area contributed by atoms with E-state index in [0.29, 0.717) is 10.2 Å². The molecule has 1 amide bonds. The van der Waals surface area contributed by atoms with Crippen molar-refractivity contribution in [1.29, 1.82) is 0 Å². The second-order valence-corrected chi connectivity index (χ2v) is 7.78. The number of hydrogen-bond acceptors (Lipinski definition) is 6. The van der Waals surface area contributed by atoms with E-state index in [1.54, 1.807) is 20.8 Å². The molecular formula is C13H16BrNO7S. The van der Waals surface area contributed by atoms with Crippen LogP contribution in [0, 0.1) is 0 Å². The molecule has 23 heavy (non-hydrogen) atoms. The van der Waals surface area contributed by atoms with Crippen molar-refractivity contribution >= 4 is 43.8 Å². The average molecular weight is 410 g/mol. The number of ether oxygens (including phenoxy) is 2. The summed E-state index contributed by atoms with van der Waals surface area (Å²) in [5.41, 5.74) is -0.271. The lowest BCUT2D eigenvalue weighted by Gasteiger charge is -2.19. The van der Waals surface area contributed by atoms with Crippen LogP contribution >= 0.6 is 15.9 Å². The van der Waals surface area contributed by atoms with Gasteiger partial charge in [0, 0.05) is 5.69 Å². The van der Waals surface area contributed by atoms with Crippen LogP contribution in [0.5, 0.6) is 5.75 Å². The summed E-state index contributed by atoms with van der Waals surface area (Å²) in [6.45, 7) is 5.17. The highest BCUT2D eigenvalue weighted by Gasteiger charge is 2.18. The zero-order chi connectivity index (χ0) is 17.8. The Morgan fingerprint density at radius 3 is 2.39 bits per heavy atom. The normalized spacial score (nSPS) is 11.7. The summed E-state index contributed by atoms with van der Waals surface area (Å²) < 4.78 is 39.9. The summed E-state index contributed by atoms with van der Waals surface area (Å²) in [5, 5.41) is 2.49. The number of esters is 1. The summed E-state index contributed by atoms with van der Waals surface area (Å²) in [6.07, 6.45) is -0.652. The van der Waals surface area contributed by atoms with Gasteiger partial charge in [-0.3, -0.25) is 14.7 Å². The van der Waals surface area contributed by atoms with E-state index in [1.807, 2.05) is 0 Å². The molecule has 0 spiro atoms. The average Bonchev–Trinajstić information content (AvgIpc) is 2.27. The van der Waals surface area contributed by atoms with Crippen LogP contribution in [0.15, 0.2) is 22.7 Å². The maximum Gasteiger partial charge on any atom is 0.412 e. The number of benzene rings is 1. The molecule has 10 heteroatoms. The van der Waals surface area contributed by atoms with Crippen molar-refractivity contribution in [3.05, 3.63) is 22.7 Å². The lowest BCUT2D eigenvalue weighted by Crippen LogP contribution is -2.27. The molecule has 128 valence electrons. The highest BCUT2D eigenvalue weighted by Crippen LogP contribution is 2.28. The summed E-state index contributed by atoms with van der Waals surface area (Å²) >= 11 is 3.13. The summed E-state index contributed by atoms with van der Waals surface area (Å²) in [5.74, 6) is -2.26. The van der Waals surface area contributed by atoms with Gasteiger partial charge < -0.3 is 9.47 Å². The molecule has 0 saturated heterocycles. The Kier molecular flexibility index (Phi) is 6.14. The van der Waals surface area contributed by atoms with E-state index in [4.69, 9.17) is 14.0 Å². The summed E-state index contributed by atoms with van der Waals surface area (Å²) in [6, 6.07) is 4.23. The molecule has 0 unspecified atom stereocenters. The quantitative estimate of drug-likeness (QED) is 0.445. The maximum atomic E-state index is 11.6. The molecule has 8 nitrogen and oxygen atoms in total. The lowest BCUT2D eigenvalue weighted by atomic mass is 10.2. The fraction of sp³-hybridized carbons (Fsp3) is 0.385. The smallest absolute Gasteiger partial charge is 0.412 e. The van der Waals surface area contributed by atoms with Gasteiger partial charge in [-0.25, -0.2) is 4.79 Å². The third-order valence-corrected chi connectivity index (χ3v) is 3.32. The lowest BCUT2D eigenvalue weighted by molar-refractivity contribution is -0.131. The van der Waals surface area contributed by atoms with Crippen molar-refractivity contribution in [2.75, 3.05) is 11.1 Å². The number of hydrogen-bond donors (Lipinski definition) is 2. The fourth-order valence-electron chi connectivity index (χ4n) is 1.38. The number of carbonyl (C=O) groups excluding carboxylic acids is 2. The number of anilines is 1. The van der Waals surface area contributed by atoms with Crippen LogP contribution in [0.2, 0.25) is 0 Å². The van der Waals surface area contributed by atoms with Crippen LogP contribution in [0.1, 0.15) is 20.8 Å². The number of amides is 1. The minimum absolute atomic E-state index is 0.0355. The second kappa shape index (κ2) is 7.28. The molecule has 0 bridgehead atoms. The third-order valence-electron chi connectivity index (χ3n) is 2.10. The van der Waals surface area contributed by atoms with Crippen LogP contribution in [-0.2, 0) is 19.6 Å². The molecule has 0 fully saturated rings. The fourth-order valence-corrected chi connectivity index (χ4v) is 2.20. The number of rotatable bonds is 4. The van der Waals surface area contributed by atoms with Crippen LogP contribution in [0.4, 0.5) is 10.5 Å². The highest BCUT2D eigenvalue weighted by atomic mass is 79.9. The van der Waals surface area contributed by atoms with Gasteiger partial charge in [0.25, 0.3) is 10.1 Å². The molecule has 0 aliphatic rings. The van der Waals surface area contributed by atoms with Crippen molar-refractivity contribution < 1.29 is 32.0 Å². The first-order valence-corrected chi connectivity index (χ1v) is 8.71. The molecule has 1 rings (SSSR count). The molecule has 0 aromatic heterocycles. The Bertz CT molecular complexity index is 710. The Hall–Kier alpha value is -1.65. The SMILES string of the molecule is CC(C)(C)OC(=O)Nc1ccc(OC(=O)CS(=O)(=O)O)c(Br)c1. The van der Waals surface area contributed by atoms with E-state index in [2.05, 4.69) is 21.2 Å². The maximum absolute atomic E-state index is 11.6. The van der Waals surface area contributed by atoms with Crippen molar-refractivity contribution in [2.45, 2.75) is 26.4 Å². The van der Waals surface area contributed by atoms with Crippen molar-refractivity contribution in [2.24, 2.45) is 0 Å². The first-order valence-electron chi connectivity index (χ1n) is 6.31. The zero-order valence-corrected chi connectivity index (χ0v) is 15.0. The van der Waals surface area contributed by atoms with Gasteiger partial charge in [-0.1, -0.05) is 0 Å². The van der Waals surface area contributed by atoms with Gasteiger partial charge in [-0.2, -0.15) is 8.42 Å². The standard InChI is InChI=1S/C13H16BrNO7S/c1-13(2,3)22-12(17)15-8-4-5-10(9(14)6-8)21-11(16)7-23(18,19)20/h4-6H,7H2,1-3H3,(H,15,17)(H,18,19,20). The van der Waals surface area contributed by atoms with E-state index in [-0.39, 0.29) is 5.75 Å². The Morgan fingerprint density at radius 2 is 1.91 bits per heavy atom. The Balaban J connectivity index is 2.75. The molecule has 0 atom stereocenters. The number of nitrogens with one attached hydrogen (secondary N) is 1. The van der Waals surface area contributed by atoms with Crippen molar-refractivity contribution in [3.63, 3.8) is 0 Å². The van der Waals surface area contributed by atoms with E-state index >= 15 is 0 Å². The monoisotopic (exact) mass is 409 g/mol. The van der Waals surface area contributed by atoms with E-state index in [0.717, 1.165) is 0 Å². The first kappa shape index (κ1) is 19.4. The van der Waals surface area contributed by atoms with Crippen LogP contribution in [-0.4, -0.2) is 36.4 Å². The second-order valence-electron chi connectivity index (χ2n) is 5.47. The molecule has 1 aromatic rings. The molecule has 0 radical (unpaired) electrons. The molecule has 0 heterocycles. The molecule has 2 N–H and O–H groups in total. The molecular weight excluding hydrogens is 394 g/mol. The van der Waals surface area contributed by atoms with Gasteiger partial charge in [0.05, 0.1) is 4.47 Å². The molecule has 1 aromatic carbocycles. The van der Waals surface area contributed by atoms with E-state index in [9.17, 15) is 18.0 Å². The van der Waals surface area contributed by atoms with Gasteiger partial charge in [-0.15, -0.1) is 0 Å². The zero-order valence-electron chi connectivity index (χ0n) is 12.6. The summed E-state index contributed by atoms with van der Waals surface area (Å²) in [4.78, 5) is 23.0. The Morgan fingerprint density at radius 1 is 1.30 bits per heavy atom. The minimum atomic E-state index is -4.46. The first-order chi connectivity index (χ1) is 10.4. The van der Waals surface area contributed by atoms with Gasteiger partial charge in [0.1, 0.15) is 11.4 Å². The van der Waals surface area contributed by atoms with Crippen LogP contribution < -0.4 is 10.1 Å². The van der Waals surface area contributed by atoms with Crippen molar-refractivity contribution in [3.8, 4) is 5.75 Å². The van der Waals surface area contributed by atoms with Crippen LogP contribution in [0.3, 0.4) is 0 Å².